The summed E-state index contributed by atoms with van der Waals surface area (Å²) >= 11 is 1.33. The molecule has 2 amide bonds. The van der Waals surface area contributed by atoms with Gasteiger partial charge in [0.15, 0.2) is 0 Å². The van der Waals surface area contributed by atoms with Gasteiger partial charge in [0.2, 0.25) is 0 Å². The number of carbonyl (C=O) groups is 2. The molecule has 0 saturated carbocycles. The smallest absolute Gasteiger partial charge is 0.410 e. The molecule has 0 aromatic carbocycles. The first-order valence-electron chi connectivity index (χ1n) is 7.15. The maximum atomic E-state index is 12.0. The summed E-state index contributed by atoms with van der Waals surface area (Å²) in [7, 11) is 2.96. The minimum absolute atomic E-state index is 0.168. The van der Waals surface area contributed by atoms with Gasteiger partial charge in [-0.3, -0.25) is 9.63 Å². The third-order valence-electron chi connectivity index (χ3n) is 3.21. The van der Waals surface area contributed by atoms with E-state index in [1.807, 2.05) is 0 Å². The molecule has 1 fully saturated rings. The van der Waals surface area contributed by atoms with E-state index in [4.69, 9.17) is 9.57 Å². The van der Waals surface area contributed by atoms with Crippen LogP contribution < -0.4 is 0 Å². The molecule has 1 aliphatic rings. The van der Waals surface area contributed by atoms with Crippen molar-refractivity contribution in [3.8, 4) is 0 Å². The summed E-state index contributed by atoms with van der Waals surface area (Å²) in [5.74, 6) is 0.437. The Morgan fingerprint density at radius 3 is 2.59 bits per heavy atom. The van der Waals surface area contributed by atoms with E-state index in [1.165, 1.54) is 30.8 Å². The van der Waals surface area contributed by atoms with E-state index in [-0.39, 0.29) is 18.2 Å². The van der Waals surface area contributed by atoms with Gasteiger partial charge in [-0.05, 0) is 27.2 Å². The van der Waals surface area contributed by atoms with E-state index in [1.54, 1.807) is 20.8 Å². The number of thioether (sulfide) groups is 1. The number of carbonyl (C=O) groups excluding carboxylic acids is 2. The minimum Gasteiger partial charge on any atom is -0.444 e. The van der Waals surface area contributed by atoms with E-state index in [0.29, 0.717) is 18.7 Å². The third kappa shape index (κ3) is 6.02. The number of amides is 2. The molecule has 8 heteroatoms. The number of β-amino-alcohol motifs (C(OH)–C–C–N with tert-alkyl or cyclic N) is 1. The molecule has 0 spiro atoms. The summed E-state index contributed by atoms with van der Waals surface area (Å²) in [5.41, 5.74) is -1.53. The van der Waals surface area contributed by atoms with Crippen molar-refractivity contribution in [2.24, 2.45) is 0 Å². The lowest BCUT2D eigenvalue weighted by Gasteiger charge is -2.26. The molecule has 1 unspecified atom stereocenters. The fraction of sp³-hybridized carbons (Fsp3) is 0.857. The Labute approximate surface area is 135 Å². The zero-order valence-corrected chi connectivity index (χ0v) is 14.7. The highest BCUT2D eigenvalue weighted by Gasteiger charge is 2.39. The second-order valence-corrected chi connectivity index (χ2v) is 7.43. The summed E-state index contributed by atoms with van der Waals surface area (Å²) in [6.07, 6.45) is 0.0664. The number of aliphatic hydroxyl groups is 1. The zero-order valence-electron chi connectivity index (χ0n) is 13.9. The Morgan fingerprint density at radius 2 is 2.05 bits per heavy atom. The Kier molecular flexibility index (Phi) is 6.51. The highest BCUT2D eigenvalue weighted by Crippen LogP contribution is 2.26. The quantitative estimate of drug-likeness (QED) is 0.759. The maximum Gasteiger partial charge on any atom is 0.410 e. The standard InChI is InChI=1S/C14H26N2O5S/c1-13(2,3)21-12(18)16-7-6-14(19,9-16)10-22-8-11(17)15(4)20-5/h19H,6-10H2,1-5H3. The van der Waals surface area contributed by atoms with Gasteiger partial charge in [0.1, 0.15) is 5.60 Å². The molecular formula is C14H26N2O5S. The van der Waals surface area contributed by atoms with Crippen LogP contribution in [0.5, 0.6) is 0 Å². The lowest BCUT2D eigenvalue weighted by molar-refractivity contribution is -0.165. The highest BCUT2D eigenvalue weighted by molar-refractivity contribution is 8.00. The first-order valence-corrected chi connectivity index (χ1v) is 8.30. The predicted molar refractivity (Wildman–Crippen MR) is 84.5 cm³/mol. The van der Waals surface area contributed by atoms with Gasteiger partial charge in [-0.2, -0.15) is 0 Å². The molecule has 0 aromatic rings. The largest absolute Gasteiger partial charge is 0.444 e. The zero-order chi connectivity index (χ0) is 17.0. The van der Waals surface area contributed by atoms with Crippen molar-refractivity contribution in [1.82, 2.24) is 9.96 Å². The van der Waals surface area contributed by atoms with E-state index in [2.05, 4.69) is 0 Å². The van der Waals surface area contributed by atoms with Crippen LogP contribution in [0.2, 0.25) is 0 Å². The Morgan fingerprint density at radius 1 is 1.41 bits per heavy atom. The average molecular weight is 334 g/mol. The molecule has 128 valence electrons. The first kappa shape index (κ1) is 19.1. The fourth-order valence-corrected chi connectivity index (χ4v) is 3.05. The van der Waals surface area contributed by atoms with Crippen molar-refractivity contribution in [3.63, 3.8) is 0 Å². The fourth-order valence-electron chi connectivity index (χ4n) is 1.98. The summed E-state index contributed by atoms with van der Waals surface area (Å²) in [6.45, 7) is 6.10. The molecule has 1 N–H and O–H groups in total. The van der Waals surface area contributed by atoms with Crippen molar-refractivity contribution in [1.29, 1.82) is 0 Å². The molecule has 22 heavy (non-hydrogen) atoms. The number of rotatable bonds is 5. The van der Waals surface area contributed by atoms with Crippen molar-refractivity contribution < 1.29 is 24.3 Å². The lowest BCUT2D eigenvalue weighted by Crippen LogP contribution is -2.40. The highest BCUT2D eigenvalue weighted by atomic mass is 32.2. The van der Waals surface area contributed by atoms with E-state index in [0.717, 1.165) is 5.06 Å². The minimum atomic E-state index is -0.979. The lowest BCUT2D eigenvalue weighted by atomic mass is 10.1. The summed E-state index contributed by atoms with van der Waals surface area (Å²) < 4.78 is 5.30. The third-order valence-corrected chi connectivity index (χ3v) is 4.40. The number of hydrogen-bond acceptors (Lipinski definition) is 6. The number of nitrogens with zero attached hydrogens (tertiary/aromatic N) is 2. The first-order chi connectivity index (χ1) is 10.1. The SMILES string of the molecule is CON(C)C(=O)CSCC1(O)CCN(C(=O)OC(C)(C)C)C1. The molecule has 1 rings (SSSR count). The van der Waals surface area contributed by atoms with Gasteiger partial charge in [0, 0.05) is 19.3 Å². The van der Waals surface area contributed by atoms with Gasteiger partial charge in [-0.15, -0.1) is 11.8 Å². The normalized spacial score (nSPS) is 21.8. The molecule has 1 heterocycles. The van der Waals surface area contributed by atoms with Gasteiger partial charge in [0.05, 0.1) is 25.0 Å². The van der Waals surface area contributed by atoms with Gasteiger partial charge in [-0.25, -0.2) is 9.86 Å². The van der Waals surface area contributed by atoms with Crippen LogP contribution in [0.25, 0.3) is 0 Å². The Balaban J connectivity index is 2.40. The second-order valence-electron chi connectivity index (χ2n) is 6.44. The van der Waals surface area contributed by atoms with Gasteiger partial charge in [0.25, 0.3) is 5.91 Å². The van der Waals surface area contributed by atoms with E-state index in [9.17, 15) is 14.7 Å². The van der Waals surface area contributed by atoms with Crippen LogP contribution in [0, 0.1) is 0 Å². The van der Waals surface area contributed by atoms with Crippen LogP contribution in [0.15, 0.2) is 0 Å². The molecule has 0 aliphatic carbocycles. The van der Waals surface area contributed by atoms with Gasteiger partial charge < -0.3 is 14.7 Å². The maximum absolute atomic E-state index is 12.0. The second kappa shape index (κ2) is 7.52. The van der Waals surface area contributed by atoms with Crippen LogP contribution in [0.1, 0.15) is 27.2 Å². The van der Waals surface area contributed by atoms with E-state index >= 15 is 0 Å². The topological polar surface area (TPSA) is 79.3 Å². The van der Waals surface area contributed by atoms with Crippen LogP contribution in [0.4, 0.5) is 4.79 Å². The van der Waals surface area contributed by atoms with Crippen molar-refractivity contribution in [3.05, 3.63) is 0 Å². The number of hydroxylamine groups is 2. The van der Waals surface area contributed by atoms with Gasteiger partial charge >= 0.3 is 6.09 Å². The van der Waals surface area contributed by atoms with Gasteiger partial charge in [-0.1, -0.05) is 0 Å². The van der Waals surface area contributed by atoms with Crippen molar-refractivity contribution in [2.45, 2.75) is 38.4 Å². The summed E-state index contributed by atoms with van der Waals surface area (Å²) in [4.78, 5) is 29.9. The van der Waals surface area contributed by atoms with Crippen molar-refractivity contribution >= 4 is 23.8 Å². The van der Waals surface area contributed by atoms with E-state index < -0.39 is 17.3 Å². The Hall–Kier alpha value is -0.990. The van der Waals surface area contributed by atoms with Crippen LogP contribution >= 0.6 is 11.8 Å². The summed E-state index contributed by atoms with van der Waals surface area (Å²) in [6, 6.07) is 0. The van der Waals surface area contributed by atoms with Crippen LogP contribution in [-0.4, -0.2) is 77.0 Å². The number of hydrogen-bond donors (Lipinski definition) is 1. The summed E-state index contributed by atoms with van der Waals surface area (Å²) in [5, 5.41) is 11.6. The molecule has 0 bridgehead atoms. The molecule has 0 radical (unpaired) electrons. The number of ether oxygens (including phenoxy) is 1. The molecular weight excluding hydrogens is 308 g/mol. The average Bonchev–Trinajstić information content (AvgIpc) is 2.78. The van der Waals surface area contributed by atoms with Crippen molar-refractivity contribution in [2.75, 3.05) is 38.8 Å². The monoisotopic (exact) mass is 334 g/mol. The Bertz CT molecular complexity index is 413. The molecule has 1 atom stereocenters. The number of likely N-dealkylation sites (tertiary alicyclic amines) is 1. The molecule has 7 nitrogen and oxygen atoms in total. The predicted octanol–water partition coefficient (Wildman–Crippen LogP) is 1.11. The van der Waals surface area contributed by atoms with Crippen LogP contribution in [-0.2, 0) is 14.4 Å². The molecule has 1 saturated heterocycles. The molecule has 0 aromatic heterocycles. The molecule has 1 aliphatic heterocycles. The van der Waals surface area contributed by atoms with Crippen LogP contribution in [0.3, 0.4) is 0 Å².